The van der Waals surface area contributed by atoms with Gasteiger partial charge in [-0.3, -0.25) is 5.43 Å². The maximum absolute atomic E-state index is 10.8. The van der Waals surface area contributed by atoms with Crippen LogP contribution in [0.4, 0.5) is 4.79 Å². The number of ether oxygens (including phenoxy) is 1. The first kappa shape index (κ1) is 12.7. The van der Waals surface area contributed by atoms with Crippen LogP contribution in [0.5, 0.6) is 0 Å². The van der Waals surface area contributed by atoms with E-state index in [9.17, 15) is 4.79 Å². The number of nitriles is 1. The lowest BCUT2D eigenvalue weighted by molar-refractivity contribution is 0.159. The van der Waals surface area contributed by atoms with Crippen molar-refractivity contribution in [2.75, 3.05) is 7.11 Å². The van der Waals surface area contributed by atoms with E-state index in [1.807, 2.05) is 13.8 Å². The van der Waals surface area contributed by atoms with Crippen LogP contribution in [0.2, 0.25) is 0 Å². The molecular weight excluding hydrogens is 182 g/mol. The van der Waals surface area contributed by atoms with Crippen molar-refractivity contribution in [3.63, 3.8) is 0 Å². The molecule has 5 nitrogen and oxygen atoms in total. The van der Waals surface area contributed by atoms with Gasteiger partial charge in [0.15, 0.2) is 0 Å². The second-order valence-electron chi connectivity index (χ2n) is 3.78. The molecule has 0 fully saturated rings. The monoisotopic (exact) mass is 199 g/mol. The van der Waals surface area contributed by atoms with Crippen LogP contribution in [0.15, 0.2) is 0 Å². The number of nitrogens with zero attached hydrogens (tertiary/aromatic N) is 1. The lowest BCUT2D eigenvalue weighted by atomic mass is 9.93. The third kappa shape index (κ3) is 4.67. The van der Waals surface area contributed by atoms with E-state index in [1.165, 1.54) is 7.11 Å². The topological polar surface area (TPSA) is 74.2 Å². The van der Waals surface area contributed by atoms with Crippen molar-refractivity contribution < 1.29 is 9.53 Å². The van der Waals surface area contributed by atoms with E-state index >= 15 is 0 Å². The number of methoxy groups -OCH3 is 1. The van der Waals surface area contributed by atoms with E-state index < -0.39 is 11.6 Å². The largest absolute Gasteiger partial charge is 0.452 e. The zero-order chi connectivity index (χ0) is 11.2. The Balaban J connectivity index is 4.14. The molecule has 2 N–H and O–H groups in total. The van der Waals surface area contributed by atoms with Crippen LogP contribution in [0.1, 0.15) is 27.2 Å². The third-order valence-corrected chi connectivity index (χ3v) is 1.69. The van der Waals surface area contributed by atoms with Gasteiger partial charge in [0.25, 0.3) is 0 Å². The number of hydrazine groups is 1. The highest BCUT2D eigenvalue weighted by Crippen LogP contribution is 2.14. The van der Waals surface area contributed by atoms with Gasteiger partial charge in [-0.1, -0.05) is 13.8 Å². The Morgan fingerprint density at radius 3 is 2.57 bits per heavy atom. The van der Waals surface area contributed by atoms with Crippen LogP contribution in [0, 0.1) is 17.2 Å². The molecule has 0 aliphatic rings. The van der Waals surface area contributed by atoms with Crippen molar-refractivity contribution in [2.45, 2.75) is 32.7 Å². The van der Waals surface area contributed by atoms with Crippen LogP contribution in [-0.4, -0.2) is 18.7 Å². The minimum Gasteiger partial charge on any atom is -0.452 e. The highest BCUT2D eigenvalue weighted by atomic mass is 16.5. The summed E-state index contributed by atoms with van der Waals surface area (Å²) in [7, 11) is 1.27. The Bertz CT molecular complexity index is 235. The summed E-state index contributed by atoms with van der Waals surface area (Å²) in [5.74, 6) is 0.367. The Morgan fingerprint density at radius 1 is 1.64 bits per heavy atom. The highest BCUT2D eigenvalue weighted by Gasteiger charge is 2.25. The Kier molecular flexibility index (Phi) is 4.95. The van der Waals surface area contributed by atoms with E-state index in [-0.39, 0.29) is 0 Å². The number of carbonyl (C=O) groups is 1. The van der Waals surface area contributed by atoms with Crippen LogP contribution >= 0.6 is 0 Å². The summed E-state index contributed by atoms with van der Waals surface area (Å²) in [6.45, 7) is 5.74. The summed E-state index contributed by atoms with van der Waals surface area (Å²) in [6.07, 6.45) is 0.0447. The predicted molar refractivity (Wildman–Crippen MR) is 52.1 cm³/mol. The average Bonchev–Trinajstić information content (AvgIpc) is 2.13. The highest BCUT2D eigenvalue weighted by molar-refractivity contribution is 5.66. The quantitative estimate of drug-likeness (QED) is 0.667. The van der Waals surface area contributed by atoms with Crippen molar-refractivity contribution in [2.24, 2.45) is 5.92 Å². The molecule has 0 aliphatic heterocycles. The van der Waals surface area contributed by atoms with Crippen molar-refractivity contribution >= 4 is 6.09 Å². The van der Waals surface area contributed by atoms with Crippen molar-refractivity contribution in [1.82, 2.24) is 10.9 Å². The van der Waals surface area contributed by atoms with Gasteiger partial charge in [0.1, 0.15) is 5.54 Å². The van der Waals surface area contributed by atoms with Gasteiger partial charge < -0.3 is 4.74 Å². The summed E-state index contributed by atoms with van der Waals surface area (Å²) in [5.41, 5.74) is 4.18. The molecule has 5 heteroatoms. The standard InChI is InChI=1S/C9H17N3O2/c1-7(2)5-9(3,6-10)12-11-8(13)14-4/h7,12H,5H2,1-4H3,(H,11,13). The smallest absolute Gasteiger partial charge is 0.421 e. The minimum absolute atomic E-state index is 0.367. The molecule has 1 amide bonds. The first-order valence-electron chi connectivity index (χ1n) is 4.46. The van der Waals surface area contributed by atoms with E-state index in [2.05, 4.69) is 21.7 Å². The second-order valence-corrected chi connectivity index (χ2v) is 3.78. The lowest BCUT2D eigenvalue weighted by Crippen LogP contribution is -2.52. The molecule has 0 saturated heterocycles. The second kappa shape index (κ2) is 5.45. The Hall–Kier alpha value is -1.28. The molecule has 0 aromatic rings. The molecule has 0 saturated carbocycles. The van der Waals surface area contributed by atoms with Crippen LogP contribution in [0.3, 0.4) is 0 Å². The molecule has 1 unspecified atom stereocenters. The normalized spacial score (nSPS) is 14.3. The van der Waals surface area contributed by atoms with Crippen LogP contribution < -0.4 is 10.9 Å². The van der Waals surface area contributed by atoms with E-state index in [4.69, 9.17) is 5.26 Å². The average molecular weight is 199 g/mol. The number of nitrogens with one attached hydrogen (secondary N) is 2. The molecule has 0 spiro atoms. The minimum atomic E-state index is -0.762. The number of carbonyl (C=O) groups excluding carboxylic acids is 1. The molecule has 0 aromatic heterocycles. The first-order chi connectivity index (χ1) is 6.43. The SMILES string of the molecule is COC(=O)NNC(C)(C#N)CC(C)C. The molecule has 0 heterocycles. The fourth-order valence-electron chi connectivity index (χ4n) is 1.18. The lowest BCUT2D eigenvalue weighted by Gasteiger charge is -2.24. The van der Waals surface area contributed by atoms with Crippen LogP contribution in [0.25, 0.3) is 0 Å². The fraction of sp³-hybridized carbons (Fsp3) is 0.778. The molecule has 0 aliphatic carbocycles. The number of rotatable bonds is 4. The van der Waals surface area contributed by atoms with Gasteiger partial charge in [0.05, 0.1) is 13.2 Å². The number of hydrogen-bond acceptors (Lipinski definition) is 4. The van der Waals surface area contributed by atoms with Gasteiger partial charge >= 0.3 is 6.09 Å². The van der Waals surface area contributed by atoms with Crippen molar-refractivity contribution in [3.8, 4) is 6.07 Å². The molecular formula is C9H17N3O2. The summed E-state index contributed by atoms with van der Waals surface area (Å²) >= 11 is 0. The third-order valence-electron chi connectivity index (χ3n) is 1.69. The first-order valence-corrected chi connectivity index (χ1v) is 4.46. The zero-order valence-electron chi connectivity index (χ0n) is 9.05. The maximum Gasteiger partial charge on any atom is 0.421 e. The molecule has 0 aromatic carbocycles. The summed E-state index contributed by atoms with van der Waals surface area (Å²) in [6, 6.07) is 2.11. The number of hydrogen-bond donors (Lipinski definition) is 2. The molecule has 0 rings (SSSR count). The summed E-state index contributed by atoms with van der Waals surface area (Å²) < 4.78 is 4.37. The molecule has 1 atom stereocenters. The van der Waals surface area contributed by atoms with Gasteiger partial charge in [0, 0.05) is 0 Å². The van der Waals surface area contributed by atoms with Gasteiger partial charge in [0.2, 0.25) is 0 Å². The van der Waals surface area contributed by atoms with E-state index in [0.717, 1.165) is 0 Å². The fourth-order valence-corrected chi connectivity index (χ4v) is 1.18. The van der Waals surface area contributed by atoms with Crippen LogP contribution in [-0.2, 0) is 4.74 Å². The van der Waals surface area contributed by atoms with Crippen molar-refractivity contribution in [3.05, 3.63) is 0 Å². The summed E-state index contributed by atoms with van der Waals surface area (Å²) in [5, 5.41) is 8.92. The predicted octanol–water partition coefficient (Wildman–Crippen LogP) is 1.18. The van der Waals surface area contributed by atoms with Gasteiger partial charge in [-0.2, -0.15) is 5.26 Å². The maximum atomic E-state index is 10.8. The van der Waals surface area contributed by atoms with Gasteiger partial charge in [-0.25, -0.2) is 10.2 Å². The van der Waals surface area contributed by atoms with Gasteiger partial charge in [-0.15, -0.1) is 0 Å². The van der Waals surface area contributed by atoms with E-state index in [0.29, 0.717) is 12.3 Å². The summed E-state index contributed by atoms with van der Waals surface area (Å²) in [4.78, 5) is 10.8. The van der Waals surface area contributed by atoms with Gasteiger partial charge in [-0.05, 0) is 19.3 Å². The van der Waals surface area contributed by atoms with Crippen molar-refractivity contribution in [1.29, 1.82) is 5.26 Å². The molecule has 80 valence electrons. The molecule has 14 heavy (non-hydrogen) atoms. The number of amides is 1. The van der Waals surface area contributed by atoms with E-state index in [1.54, 1.807) is 6.92 Å². The Labute approximate surface area is 84.4 Å². The molecule has 0 radical (unpaired) electrons. The Morgan fingerprint density at radius 2 is 2.21 bits per heavy atom. The zero-order valence-corrected chi connectivity index (χ0v) is 9.05. The molecule has 0 bridgehead atoms.